The molecule has 1 aliphatic rings. The van der Waals surface area contributed by atoms with Crippen molar-refractivity contribution in [3.05, 3.63) is 89.7 Å². The van der Waals surface area contributed by atoms with Crippen LogP contribution in [0.5, 0.6) is 5.75 Å². The van der Waals surface area contributed by atoms with E-state index in [9.17, 15) is 18.0 Å². The second kappa shape index (κ2) is 11.4. The van der Waals surface area contributed by atoms with Crippen molar-refractivity contribution in [1.29, 1.82) is 0 Å². The molecule has 1 aromatic heterocycles. The van der Waals surface area contributed by atoms with E-state index in [0.29, 0.717) is 23.2 Å². The van der Waals surface area contributed by atoms with Crippen LogP contribution < -0.4 is 15.0 Å². The van der Waals surface area contributed by atoms with Gasteiger partial charge in [0, 0.05) is 30.1 Å². The standard InChI is InChI=1S/C28H25F3N6O2S/c1-18-4-3-5-19(2)24(18)36-14-15-40-27(36)34-26(38)32-16-20-6-8-21(9-7-20)25-33-17-37(35-25)22-10-12-23(13-11-22)39-28(29,30)31/h3-13,17H,14-16H2,1-2H3,(H,32,38). The summed E-state index contributed by atoms with van der Waals surface area (Å²) in [7, 11) is 0. The van der Waals surface area contributed by atoms with Gasteiger partial charge < -0.3 is 15.0 Å². The van der Waals surface area contributed by atoms with Crippen LogP contribution in [-0.2, 0) is 6.54 Å². The molecular formula is C28H25F3N6O2S. The third-order valence-corrected chi connectivity index (χ3v) is 7.12. The van der Waals surface area contributed by atoms with E-state index in [4.69, 9.17) is 0 Å². The van der Waals surface area contributed by atoms with Crippen LogP contribution in [0.1, 0.15) is 16.7 Å². The lowest BCUT2D eigenvalue weighted by Crippen LogP contribution is -2.28. The molecule has 1 aliphatic heterocycles. The number of carbonyl (C=O) groups is 1. The lowest BCUT2D eigenvalue weighted by atomic mass is 10.1. The maximum Gasteiger partial charge on any atom is 0.573 e. The fraction of sp³-hybridized carbons (Fsp3) is 0.214. The molecule has 2 heterocycles. The van der Waals surface area contributed by atoms with Crippen molar-refractivity contribution in [1.82, 2.24) is 20.1 Å². The number of halogens is 3. The molecule has 1 N–H and O–H groups in total. The molecule has 8 nitrogen and oxygen atoms in total. The number of benzene rings is 3. The minimum absolute atomic E-state index is 0.304. The first-order chi connectivity index (χ1) is 19.2. The molecule has 3 aromatic carbocycles. The Labute approximate surface area is 232 Å². The molecule has 0 atom stereocenters. The normalized spacial score (nSPS) is 14.5. The Kier molecular flexibility index (Phi) is 7.78. The van der Waals surface area contributed by atoms with Crippen molar-refractivity contribution in [2.24, 2.45) is 4.99 Å². The van der Waals surface area contributed by atoms with E-state index in [1.54, 1.807) is 11.8 Å². The van der Waals surface area contributed by atoms with E-state index in [-0.39, 0.29) is 5.75 Å². The highest BCUT2D eigenvalue weighted by molar-refractivity contribution is 8.14. The summed E-state index contributed by atoms with van der Waals surface area (Å²) >= 11 is 1.56. The molecule has 206 valence electrons. The van der Waals surface area contributed by atoms with Gasteiger partial charge >= 0.3 is 12.4 Å². The summed E-state index contributed by atoms with van der Waals surface area (Å²) in [4.78, 5) is 23.3. The fourth-order valence-electron chi connectivity index (χ4n) is 4.33. The predicted molar refractivity (Wildman–Crippen MR) is 149 cm³/mol. The zero-order chi connectivity index (χ0) is 28.3. The van der Waals surface area contributed by atoms with Crippen LogP contribution >= 0.6 is 11.8 Å². The summed E-state index contributed by atoms with van der Waals surface area (Å²) < 4.78 is 42.5. The molecule has 0 radical (unpaired) electrons. The molecule has 0 spiro atoms. The van der Waals surface area contributed by atoms with E-state index >= 15 is 0 Å². The van der Waals surface area contributed by atoms with Crippen LogP contribution in [0.2, 0.25) is 0 Å². The number of aromatic nitrogens is 3. The number of nitrogens with zero attached hydrogens (tertiary/aromatic N) is 5. The van der Waals surface area contributed by atoms with Gasteiger partial charge in [0.2, 0.25) is 0 Å². The number of aliphatic imine (C=N–C) groups is 1. The average molecular weight is 567 g/mol. The Morgan fingerprint density at radius 1 is 1.05 bits per heavy atom. The second-order valence-corrected chi connectivity index (χ2v) is 10.1. The molecule has 12 heteroatoms. The van der Waals surface area contributed by atoms with Gasteiger partial charge in [0.25, 0.3) is 0 Å². The number of hydrogen-bond donors (Lipinski definition) is 1. The minimum Gasteiger partial charge on any atom is -0.406 e. The maximum absolute atomic E-state index is 12.6. The lowest BCUT2D eigenvalue weighted by molar-refractivity contribution is -0.274. The summed E-state index contributed by atoms with van der Waals surface area (Å²) in [6, 6.07) is 18.5. The number of aryl methyl sites for hydroxylation is 2. The summed E-state index contributed by atoms with van der Waals surface area (Å²) in [6.45, 7) is 5.21. The zero-order valence-electron chi connectivity index (χ0n) is 21.6. The van der Waals surface area contributed by atoms with Gasteiger partial charge in [-0.05, 0) is 54.8 Å². The van der Waals surface area contributed by atoms with Crippen LogP contribution in [0, 0.1) is 13.8 Å². The van der Waals surface area contributed by atoms with Crippen molar-refractivity contribution in [2.75, 3.05) is 17.2 Å². The van der Waals surface area contributed by atoms with E-state index in [1.165, 1.54) is 35.3 Å². The highest BCUT2D eigenvalue weighted by Gasteiger charge is 2.31. The molecule has 0 aliphatic carbocycles. The Bertz CT molecular complexity index is 1510. The Balaban J connectivity index is 1.19. The Morgan fingerprint density at radius 3 is 2.42 bits per heavy atom. The van der Waals surface area contributed by atoms with Gasteiger partial charge in [-0.15, -0.1) is 18.3 Å². The van der Waals surface area contributed by atoms with E-state index < -0.39 is 12.4 Å². The van der Waals surface area contributed by atoms with E-state index in [2.05, 4.69) is 56.0 Å². The number of amidine groups is 1. The SMILES string of the molecule is Cc1cccc(C)c1N1CCSC1=NC(=O)NCc1ccc(-c2ncn(-c3ccc(OC(F)(F)F)cc3)n2)cc1. The molecule has 1 fully saturated rings. The van der Waals surface area contributed by atoms with Gasteiger partial charge in [0.15, 0.2) is 11.0 Å². The molecule has 4 aromatic rings. The molecule has 5 rings (SSSR count). The van der Waals surface area contributed by atoms with Crippen LogP contribution in [0.15, 0.2) is 78.0 Å². The zero-order valence-corrected chi connectivity index (χ0v) is 22.5. The monoisotopic (exact) mass is 566 g/mol. The first-order valence-corrected chi connectivity index (χ1v) is 13.3. The molecule has 1 saturated heterocycles. The molecular weight excluding hydrogens is 541 g/mol. The van der Waals surface area contributed by atoms with Crippen molar-refractivity contribution in [3.8, 4) is 22.8 Å². The van der Waals surface area contributed by atoms with Crippen molar-refractivity contribution >= 4 is 28.6 Å². The van der Waals surface area contributed by atoms with E-state index in [1.807, 2.05) is 30.3 Å². The third kappa shape index (κ3) is 6.45. The highest BCUT2D eigenvalue weighted by Crippen LogP contribution is 2.31. The quantitative estimate of drug-likeness (QED) is 0.296. The first-order valence-electron chi connectivity index (χ1n) is 12.4. The van der Waals surface area contributed by atoms with Crippen molar-refractivity contribution in [2.45, 2.75) is 26.8 Å². The third-order valence-electron chi connectivity index (χ3n) is 6.17. The number of anilines is 1. The molecule has 0 bridgehead atoms. The largest absolute Gasteiger partial charge is 0.573 e. The smallest absolute Gasteiger partial charge is 0.406 e. The van der Waals surface area contributed by atoms with Crippen molar-refractivity contribution in [3.63, 3.8) is 0 Å². The minimum atomic E-state index is -4.75. The number of thioether (sulfide) groups is 1. The topological polar surface area (TPSA) is 84.6 Å². The van der Waals surface area contributed by atoms with Crippen LogP contribution in [-0.4, -0.2) is 44.6 Å². The Hall–Kier alpha value is -4.32. The van der Waals surface area contributed by atoms with Gasteiger partial charge in [-0.25, -0.2) is 14.5 Å². The highest BCUT2D eigenvalue weighted by atomic mass is 32.2. The number of amides is 2. The number of carbonyl (C=O) groups excluding carboxylic acids is 1. The second-order valence-electron chi connectivity index (χ2n) is 9.04. The van der Waals surface area contributed by atoms with E-state index in [0.717, 1.165) is 40.2 Å². The first kappa shape index (κ1) is 27.3. The molecule has 0 saturated carbocycles. The maximum atomic E-state index is 12.6. The van der Waals surface area contributed by atoms with Crippen LogP contribution in [0.25, 0.3) is 17.1 Å². The average Bonchev–Trinajstić information content (AvgIpc) is 3.58. The lowest BCUT2D eigenvalue weighted by Gasteiger charge is -2.22. The number of urea groups is 1. The predicted octanol–water partition coefficient (Wildman–Crippen LogP) is 6.27. The van der Waals surface area contributed by atoms with Gasteiger partial charge in [-0.3, -0.25) is 0 Å². The number of nitrogens with one attached hydrogen (secondary N) is 1. The number of hydrogen-bond acceptors (Lipinski definition) is 5. The van der Waals surface area contributed by atoms with Gasteiger partial charge in [0.1, 0.15) is 12.1 Å². The Morgan fingerprint density at radius 2 is 1.75 bits per heavy atom. The summed E-state index contributed by atoms with van der Waals surface area (Å²) in [6.07, 6.45) is -3.27. The number of ether oxygens (including phenoxy) is 1. The number of rotatable bonds is 6. The number of alkyl halides is 3. The number of para-hydroxylation sites is 1. The van der Waals surface area contributed by atoms with Gasteiger partial charge in [0.05, 0.1) is 5.69 Å². The molecule has 40 heavy (non-hydrogen) atoms. The van der Waals surface area contributed by atoms with Crippen LogP contribution in [0.4, 0.5) is 23.7 Å². The van der Waals surface area contributed by atoms with Gasteiger partial charge in [-0.1, -0.05) is 54.2 Å². The van der Waals surface area contributed by atoms with Crippen molar-refractivity contribution < 1.29 is 22.7 Å². The summed E-state index contributed by atoms with van der Waals surface area (Å²) in [5.74, 6) is 0.997. The summed E-state index contributed by atoms with van der Waals surface area (Å²) in [5, 5.41) is 7.95. The molecule has 2 amide bonds. The summed E-state index contributed by atoms with van der Waals surface area (Å²) in [5.41, 5.74) is 5.54. The van der Waals surface area contributed by atoms with Crippen LogP contribution in [0.3, 0.4) is 0 Å². The molecule has 0 unspecified atom stereocenters. The van der Waals surface area contributed by atoms with Gasteiger partial charge in [-0.2, -0.15) is 4.99 Å². The fourth-order valence-corrected chi connectivity index (χ4v) is 5.27.